The number of pyridine rings is 1. The van der Waals surface area contributed by atoms with Crippen LogP contribution in [-0.4, -0.2) is 11.5 Å². The Morgan fingerprint density at radius 3 is 2.64 bits per heavy atom. The Kier molecular flexibility index (Phi) is 4.08. The smallest absolute Gasteiger partial charge is 0.0437 e. The second-order valence-corrected chi connectivity index (χ2v) is 4.16. The fourth-order valence-electron chi connectivity index (χ4n) is 1.41. The zero-order valence-electron chi connectivity index (χ0n) is 9.33. The molecule has 0 aliphatic carbocycles. The predicted molar refractivity (Wildman–Crippen MR) is 60.2 cm³/mol. The van der Waals surface area contributed by atoms with Gasteiger partial charge in [0.25, 0.3) is 0 Å². The summed E-state index contributed by atoms with van der Waals surface area (Å²) < 4.78 is 0. The lowest BCUT2D eigenvalue weighted by Crippen LogP contribution is -2.07. The van der Waals surface area contributed by atoms with Crippen LogP contribution in [0.25, 0.3) is 0 Å². The Morgan fingerprint density at radius 2 is 2.07 bits per heavy atom. The Bertz CT molecular complexity index is 281. The maximum Gasteiger partial charge on any atom is 0.0437 e. The van der Waals surface area contributed by atoms with Crippen molar-refractivity contribution in [3.63, 3.8) is 0 Å². The molecule has 1 aromatic rings. The van der Waals surface area contributed by atoms with Crippen molar-refractivity contribution >= 4 is 0 Å². The van der Waals surface area contributed by atoms with Gasteiger partial charge in [-0.1, -0.05) is 20.8 Å². The minimum absolute atomic E-state index is 0.521. The molecular weight excluding hydrogens is 172 g/mol. The first-order valence-corrected chi connectivity index (χ1v) is 5.30. The first-order chi connectivity index (χ1) is 6.65. The van der Waals surface area contributed by atoms with Crippen LogP contribution in [0.1, 0.15) is 37.9 Å². The molecule has 0 aliphatic heterocycles. The number of rotatable bonds is 4. The average Bonchev–Trinajstić information content (AvgIpc) is 2.17. The van der Waals surface area contributed by atoms with Gasteiger partial charge in [0.2, 0.25) is 0 Å². The van der Waals surface area contributed by atoms with E-state index in [1.54, 1.807) is 0 Å². The maximum absolute atomic E-state index is 5.53. The third kappa shape index (κ3) is 2.81. The van der Waals surface area contributed by atoms with Gasteiger partial charge in [-0.25, -0.2) is 0 Å². The van der Waals surface area contributed by atoms with Crippen LogP contribution in [0.3, 0.4) is 0 Å². The summed E-state index contributed by atoms with van der Waals surface area (Å²) in [7, 11) is 0. The number of aromatic nitrogens is 1. The van der Waals surface area contributed by atoms with E-state index in [9.17, 15) is 0 Å². The van der Waals surface area contributed by atoms with Gasteiger partial charge in [0.1, 0.15) is 0 Å². The summed E-state index contributed by atoms with van der Waals surface area (Å²) in [4.78, 5) is 4.40. The quantitative estimate of drug-likeness (QED) is 0.795. The van der Waals surface area contributed by atoms with E-state index in [0.29, 0.717) is 18.4 Å². The number of hydrogen-bond donors (Lipinski definition) is 1. The molecule has 1 unspecified atom stereocenters. The van der Waals surface area contributed by atoms with Gasteiger partial charge in [0.05, 0.1) is 0 Å². The molecule has 1 aromatic heterocycles. The zero-order valence-corrected chi connectivity index (χ0v) is 9.33. The molecule has 0 radical (unpaired) electrons. The van der Waals surface area contributed by atoms with Gasteiger partial charge >= 0.3 is 0 Å². The van der Waals surface area contributed by atoms with Crippen LogP contribution in [0.5, 0.6) is 0 Å². The largest absolute Gasteiger partial charge is 0.330 e. The monoisotopic (exact) mass is 192 g/mol. The Labute approximate surface area is 86.5 Å². The first kappa shape index (κ1) is 11.2. The van der Waals surface area contributed by atoms with E-state index < -0.39 is 0 Å². The number of hydrogen-bond acceptors (Lipinski definition) is 2. The van der Waals surface area contributed by atoms with Crippen molar-refractivity contribution in [1.82, 2.24) is 4.98 Å². The average molecular weight is 192 g/mol. The van der Waals surface area contributed by atoms with Crippen LogP contribution >= 0.6 is 0 Å². The standard InChI is InChI=1S/C12H20N2/c1-9(2)10(3)12-8-11(4-6-13)5-7-14-12/h5,7-10H,4,6,13H2,1-3H3. The van der Waals surface area contributed by atoms with E-state index in [0.717, 1.165) is 6.42 Å². The molecule has 1 heterocycles. The summed E-state index contributed by atoms with van der Waals surface area (Å²) in [5.74, 6) is 1.16. The lowest BCUT2D eigenvalue weighted by atomic mass is 9.93. The van der Waals surface area contributed by atoms with Gasteiger partial charge < -0.3 is 5.73 Å². The lowest BCUT2D eigenvalue weighted by molar-refractivity contribution is 0.523. The summed E-state index contributed by atoms with van der Waals surface area (Å²) in [6.45, 7) is 7.38. The van der Waals surface area contributed by atoms with E-state index in [-0.39, 0.29) is 0 Å². The number of nitrogens with zero attached hydrogens (tertiary/aromatic N) is 1. The van der Waals surface area contributed by atoms with Crippen molar-refractivity contribution in [1.29, 1.82) is 0 Å². The zero-order chi connectivity index (χ0) is 10.6. The van der Waals surface area contributed by atoms with Crippen LogP contribution in [0.4, 0.5) is 0 Å². The van der Waals surface area contributed by atoms with E-state index in [2.05, 4.69) is 31.8 Å². The number of nitrogens with two attached hydrogens (primary N) is 1. The Hall–Kier alpha value is -0.890. The molecule has 0 saturated heterocycles. The van der Waals surface area contributed by atoms with Gasteiger partial charge in [0, 0.05) is 17.8 Å². The molecule has 0 spiro atoms. The predicted octanol–water partition coefficient (Wildman–Crippen LogP) is 2.34. The van der Waals surface area contributed by atoms with E-state index in [1.807, 2.05) is 12.3 Å². The second-order valence-electron chi connectivity index (χ2n) is 4.16. The van der Waals surface area contributed by atoms with Crippen molar-refractivity contribution in [2.45, 2.75) is 33.1 Å². The Morgan fingerprint density at radius 1 is 1.36 bits per heavy atom. The summed E-state index contributed by atoms with van der Waals surface area (Å²) >= 11 is 0. The first-order valence-electron chi connectivity index (χ1n) is 5.30. The molecule has 0 bridgehead atoms. The minimum atomic E-state index is 0.521. The highest BCUT2D eigenvalue weighted by atomic mass is 14.7. The SMILES string of the molecule is CC(C)C(C)c1cc(CCN)ccn1. The third-order valence-electron chi connectivity index (χ3n) is 2.75. The summed E-state index contributed by atoms with van der Waals surface area (Å²) in [5.41, 5.74) is 8.01. The van der Waals surface area contributed by atoms with Crippen LogP contribution < -0.4 is 5.73 Å². The summed E-state index contributed by atoms with van der Waals surface area (Å²) in [6.07, 6.45) is 2.83. The summed E-state index contributed by atoms with van der Waals surface area (Å²) in [5, 5.41) is 0. The van der Waals surface area contributed by atoms with Crippen molar-refractivity contribution in [3.8, 4) is 0 Å². The molecule has 0 amide bonds. The fraction of sp³-hybridized carbons (Fsp3) is 0.583. The molecule has 2 nitrogen and oxygen atoms in total. The molecule has 0 aromatic carbocycles. The molecular formula is C12H20N2. The van der Waals surface area contributed by atoms with Crippen molar-refractivity contribution < 1.29 is 0 Å². The van der Waals surface area contributed by atoms with Crippen LogP contribution in [-0.2, 0) is 6.42 Å². The Balaban J connectivity index is 2.82. The molecule has 2 N–H and O–H groups in total. The summed E-state index contributed by atoms with van der Waals surface area (Å²) in [6, 6.07) is 4.22. The topological polar surface area (TPSA) is 38.9 Å². The molecule has 1 atom stereocenters. The van der Waals surface area contributed by atoms with Gasteiger partial charge in [-0.2, -0.15) is 0 Å². The maximum atomic E-state index is 5.53. The highest BCUT2D eigenvalue weighted by Gasteiger charge is 2.11. The van der Waals surface area contributed by atoms with E-state index in [1.165, 1.54) is 11.3 Å². The minimum Gasteiger partial charge on any atom is -0.330 e. The van der Waals surface area contributed by atoms with Gasteiger partial charge in [-0.05, 0) is 36.6 Å². The van der Waals surface area contributed by atoms with Gasteiger partial charge in [0.15, 0.2) is 0 Å². The van der Waals surface area contributed by atoms with Crippen LogP contribution in [0.15, 0.2) is 18.3 Å². The van der Waals surface area contributed by atoms with Crippen molar-refractivity contribution in [3.05, 3.63) is 29.6 Å². The van der Waals surface area contributed by atoms with Gasteiger partial charge in [-0.3, -0.25) is 4.98 Å². The van der Waals surface area contributed by atoms with E-state index in [4.69, 9.17) is 5.73 Å². The van der Waals surface area contributed by atoms with Crippen LogP contribution in [0.2, 0.25) is 0 Å². The van der Waals surface area contributed by atoms with Gasteiger partial charge in [-0.15, -0.1) is 0 Å². The lowest BCUT2D eigenvalue weighted by Gasteiger charge is -2.15. The highest BCUT2D eigenvalue weighted by Crippen LogP contribution is 2.22. The molecule has 0 fully saturated rings. The molecule has 1 rings (SSSR count). The normalized spacial score (nSPS) is 13.2. The van der Waals surface area contributed by atoms with E-state index >= 15 is 0 Å². The van der Waals surface area contributed by atoms with Crippen molar-refractivity contribution in [2.75, 3.05) is 6.54 Å². The molecule has 78 valence electrons. The van der Waals surface area contributed by atoms with Crippen molar-refractivity contribution in [2.24, 2.45) is 11.7 Å². The van der Waals surface area contributed by atoms with Crippen LogP contribution in [0, 0.1) is 5.92 Å². The molecule has 0 saturated carbocycles. The molecule has 0 aliphatic rings. The fourth-order valence-corrected chi connectivity index (χ4v) is 1.41. The second kappa shape index (κ2) is 5.11. The molecule has 2 heteroatoms. The third-order valence-corrected chi connectivity index (χ3v) is 2.75. The molecule has 14 heavy (non-hydrogen) atoms. The highest BCUT2D eigenvalue weighted by molar-refractivity contribution is 5.19.